The van der Waals surface area contributed by atoms with Crippen molar-refractivity contribution in [2.24, 2.45) is 0 Å². The van der Waals surface area contributed by atoms with Gasteiger partial charge in [0.05, 0.1) is 31.1 Å². The molecule has 0 bridgehead atoms. The van der Waals surface area contributed by atoms with Gasteiger partial charge in [-0.3, -0.25) is 9.88 Å². The van der Waals surface area contributed by atoms with E-state index in [4.69, 9.17) is 9.47 Å². The van der Waals surface area contributed by atoms with Gasteiger partial charge in [0.15, 0.2) is 0 Å². The topological polar surface area (TPSA) is 37.8 Å². The molecule has 0 unspecified atom stereocenters. The first kappa shape index (κ1) is 16.5. The minimum Gasteiger partial charge on any atom is -0.374 e. The van der Waals surface area contributed by atoms with Gasteiger partial charge in [0.25, 0.3) is 0 Å². The molecular weight excluding hydrogens is 302 g/mol. The van der Waals surface area contributed by atoms with E-state index in [9.17, 15) is 0 Å². The normalized spacial score (nSPS) is 31.4. The third-order valence-electron chi connectivity index (χ3n) is 5.68. The fraction of sp³-hybridized carbons (Fsp3) is 0.737. The highest BCUT2D eigenvalue weighted by atomic mass is 16.5. The molecule has 0 amide bonds. The second kappa shape index (κ2) is 7.91. The summed E-state index contributed by atoms with van der Waals surface area (Å²) in [7, 11) is 0. The highest BCUT2D eigenvalue weighted by molar-refractivity contribution is 5.05. The molecule has 4 rings (SSSR count). The summed E-state index contributed by atoms with van der Waals surface area (Å²) in [6.45, 7) is 7.13. The van der Waals surface area contributed by atoms with E-state index in [1.807, 2.05) is 12.3 Å². The van der Waals surface area contributed by atoms with Crippen molar-refractivity contribution < 1.29 is 9.47 Å². The van der Waals surface area contributed by atoms with Crippen molar-refractivity contribution in [3.05, 3.63) is 30.1 Å². The van der Waals surface area contributed by atoms with E-state index in [2.05, 4.69) is 26.9 Å². The fourth-order valence-electron chi connectivity index (χ4n) is 4.41. The third kappa shape index (κ3) is 3.80. The Morgan fingerprint density at radius 1 is 1.17 bits per heavy atom. The maximum Gasteiger partial charge on any atom is 0.0992 e. The molecule has 2 saturated heterocycles. The predicted octanol–water partition coefficient (Wildman–Crippen LogP) is 1.93. The maximum atomic E-state index is 6.22. The fourth-order valence-corrected chi connectivity index (χ4v) is 4.41. The largest absolute Gasteiger partial charge is 0.374 e. The van der Waals surface area contributed by atoms with Crippen LogP contribution in [-0.4, -0.2) is 72.4 Å². The number of morpholine rings is 1. The van der Waals surface area contributed by atoms with Gasteiger partial charge >= 0.3 is 0 Å². The Balaban J connectivity index is 1.29. The number of aromatic nitrogens is 1. The van der Waals surface area contributed by atoms with Crippen LogP contribution in [0, 0.1) is 0 Å². The predicted molar refractivity (Wildman–Crippen MR) is 92.8 cm³/mol. The third-order valence-corrected chi connectivity index (χ3v) is 5.68. The van der Waals surface area contributed by atoms with E-state index in [0.717, 1.165) is 45.0 Å². The first-order valence-corrected chi connectivity index (χ1v) is 9.50. The second-order valence-corrected chi connectivity index (χ2v) is 7.23. The molecule has 0 spiro atoms. The molecule has 1 aromatic rings. The van der Waals surface area contributed by atoms with E-state index < -0.39 is 0 Å². The number of nitrogens with zero attached hydrogens (tertiary/aromatic N) is 3. The lowest BCUT2D eigenvalue weighted by atomic mass is 10.1. The summed E-state index contributed by atoms with van der Waals surface area (Å²) in [5, 5.41) is 0. The summed E-state index contributed by atoms with van der Waals surface area (Å²) in [5.74, 6) is 0. The van der Waals surface area contributed by atoms with Gasteiger partial charge in [-0.15, -0.1) is 0 Å². The van der Waals surface area contributed by atoms with Crippen molar-refractivity contribution in [1.29, 1.82) is 0 Å². The summed E-state index contributed by atoms with van der Waals surface area (Å²) in [4.78, 5) is 9.54. The highest BCUT2D eigenvalue weighted by Gasteiger charge is 2.43. The van der Waals surface area contributed by atoms with Crippen LogP contribution in [0.25, 0.3) is 0 Å². The summed E-state index contributed by atoms with van der Waals surface area (Å²) in [6.07, 6.45) is 7.37. The molecule has 0 aromatic carbocycles. The lowest BCUT2D eigenvalue weighted by Crippen LogP contribution is -2.51. The van der Waals surface area contributed by atoms with Gasteiger partial charge in [0.2, 0.25) is 0 Å². The molecule has 132 valence electrons. The first-order valence-electron chi connectivity index (χ1n) is 9.50. The Morgan fingerprint density at radius 2 is 2.08 bits per heavy atom. The number of likely N-dealkylation sites (tertiary alicyclic amines) is 1. The highest BCUT2D eigenvalue weighted by Crippen LogP contribution is 2.32. The van der Waals surface area contributed by atoms with Crippen LogP contribution in [0.5, 0.6) is 0 Å². The standard InChI is InChI=1S/C19H29N3O2/c1-2-8-20-16(5-1)15-22-12-14-24-19-17(22)6-7-18(19)23-13-11-21-9-3-4-10-21/h1-2,5,8,17-19H,3-4,6-7,9-15H2/t17-,18+,19+/m0/s1. The average molecular weight is 331 g/mol. The zero-order chi connectivity index (χ0) is 16.2. The Labute approximate surface area is 144 Å². The second-order valence-electron chi connectivity index (χ2n) is 7.23. The van der Waals surface area contributed by atoms with Gasteiger partial charge < -0.3 is 14.4 Å². The number of hydrogen-bond acceptors (Lipinski definition) is 5. The van der Waals surface area contributed by atoms with Crippen LogP contribution in [-0.2, 0) is 16.0 Å². The van der Waals surface area contributed by atoms with Crippen molar-refractivity contribution in [2.45, 2.75) is 50.5 Å². The number of hydrogen-bond donors (Lipinski definition) is 0. The molecule has 0 N–H and O–H groups in total. The number of rotatable bonds is 6. The molecule has 24 heavy (non-hydrogen) atoms. The molecule has 5 heteroatoms. The zero-order valence-electron chi connectivity index (χ0n) is 14.5. The molecule has 5 nitrogen and oxygen atoms in total. The van der Waals surface area contributed by atoms with E-state index in [1.165, 1.54) is 32.4 Å². The van der Waals surface area contributed by atoms with Gasteiger partial charge in [-0.25, -0.2) is 0 Å². The minimum atomic E-state index is 0.237. The van der Waals surface area contributed by atoms with Gasteiger partial charge in [-0.05, 0) is 50.9 Å². The Morgan fingerprint density at radius 3 is 2.92 bits per heavy atom. The Bertz CT molecular complexity index is 507. The van der Waals surface area contributed by atoms with Crippen LogP contribution in [0.2, 0.25) is 0 Å². The molecule has 2 aliphatic heterocycles. The molecule has 1 aliphatic carbocycles. The Kier molecular flexibility index (Phi) is 5.43. The molecule has 1 aromatic heterocycles. The molecular formula is C19H29N3O2. The van der Waals surface area contributed by atoms with Crippen molar-refractivity contribution in [3.8, 4) is 0 Å². The quantitative estimate of drug-likeness (QED) is 0.796. The zero-order valence-corrected chi connectivity index (χ0v) is 14.5. The van der Waals surface area contributed by atoms with Crippen LogP contribution < -0.4 is 0 Å². The van der Waals surface area contributed by atoms with E-state index >= 15 is 0 Å². The number of fused-ring (bicyclic) bond motifs is 1. The van der Waals surface area contributed by atoms with E-state index in [1.54, 1.807) is 0 Å². The van der Waals surface area contributed by atoms with Crippen molar-refractivity contribution in [3.63, 3.8) is 0 Å². The SMILES string of the molecule is c1ccc(CN2CCO[C@H]3[C@H](OCCN4CCCC4)CC[C@@H]32)nc1. The average Bonchev–Trinajstić information content (AvgIpc) is 3.27. The van der Waals surface area contributed by atoms with Crippen molar-refractivity contribution >= 4 is 0 Å². The monoisotopic (exact) mass is 331 g/mol. The molecule has 1 saturated carbocycles. The number of pyridine rings is 1. The van der Waals surface area contributed by atoms with E-state index in [0.29, 0.717) is 6.04 Å². The first-order chi connectivity index (χ1) is 11.9. The summed E-state index contributed by atoms with van der Waals surface area (Å²) in [5.41, 5.74) is 1.15. The summed E-state index contributed by atoms with van der Waals surface area (Å²) >= 11 is 0. The van der Waals surface area contributed by atoms with Crippen LogP contribution in [0.15, 0.2) is 24.4 Å². The van der Waals surface area contributed by atoms with Crippen molar-refractivity contribution in [1.82, 2.24) is 14.8 Å². The van der Waals surface area contributed by atoms with Crippen LogP contribution in [0.3, 0.4) is 0 Å². The molecule has 3 fully saturated rings. The molecule has 3 heterocycles. The smallest absolute Gasteiger partial charge is 0.0992 e. The summed E-state index contributed by atoms with van der Waals surface area (Å²) in [6, 6.07) is 6.64. The minimum absolute atomic E-state index is 0.237. The van der Waals surface area contributed by atoms with Gasteiger partial charge in [-0.1, -0.05) is 6.07 Å². The Hall–Kier alpha value is -1.01. The van der Waals surface area contributed by atoms with Crippen molar-refractivity contribution in [2.75, 3.05) is 39.4 Å². The molecule has 0 radical (unpaired) electrons. The maximum absolute atomic E-state index is 6.22. The van der Waals surface area contributed by atoms with Gasteiger partial charge in [0, 0.05) is 31.9 Å². The van der Waals surface area contributed by atoms with Crippen LogP contribution in [0.4, 0.5) is 0 Å². The van der Waals surface area contributed by atoms with Gasteiger partial charge in [-0.2, -0.15) is 0 Å². The lowest BCUT2D eigenvalue weighted by Gasteiger charge is -2.39. The lowest BCUT2D eigenvalue weighted by molar-refractivity contribution is -0.116. The molecule has 3 aliphatic rings. The van der Waals surface area contributed by atoms with Crippen LogP contribution >= 0.6 is 0 Å². The molecule has 3 atom stereocenters. The van der Waals surface area contributed by atoms with Gasteiger partial charge in [0.1, 0.15) is 0 Å². The van der Waals surface area contributed by atoms with E-state index in [-0.39, 0.29) is 12.2 Å². The summed E-state index contributed by atoms with van der Waals surface area (Å²) < 4.78 is 12.3. The van der Waals surface area contributed by atoms with Crippen LogP contribution in [0.1, 0.15) is 31.4 Å². The number of ether oxygens (including phenoxy) is 2.